The SMILES string of the molecule is CC(CC(Cc1c(F)ccc(Br)c1F)NN)C(C)(C)C. The third kappa shape index (κ3) is 4.50. The van der Waals surface area contributed by atoms with Crippen molar-refractivity contribution in [1.82, 2.24) is 5.43 Å². The minimum Gasteiger partial charge on any atom is -0.271 e. The molecule has 5 heteroatoms. The molecule has 114 valence electrons. The topological polar surface area (TPSA) is 38.0 Å². The summed E-state index contributed by atoms with van der Waals surface area (Å²) < 4.78 is 28.0. The van der Waals surface area contributed by atoms with Gasteiger partial charge in [-0.25, -0.2) is 8.78 Å². The van der Waals surface area contributed by atoms with Crippen LogP contribution in [0.5, 0.6) is 0 Å². The smallest absolute Gasteiger partial charge is 0.143 e. The third-order valence-corrected chi connectivity index (χ3v) is 4.55. The lowest BCUT2D eigenvalue weighted by Crippen LogP contribution is -2.40. The molecule has 0 bridgehead atoms. The summed E-state index contributed by atoms with van der Waals surface area (Å²) in [6, 6.07) is 2.47. The van der Waals surface area contributed by atoms with Gasteiger partial charge in [-0.05, 0) is 52.2 Å². The van der Waals surface area contributed by atoms with Crippen molar-refractivity contribution in [2.24, 2.45) is 17.2 Å². The summed E-state index contributed by atoms with van der Waals surface area (Å²) in [6.07, 6.45) is 0.986. The highest BCUT2D eigenvalue weighted by atomic mass is 79.9. The monoisotopic (exact) mass is 348 g/mol. The van der Waals surface area contributed by atoms with Crippen molar-refractivity contribution >= 4 is 15.9 Å². The number of benzene rings is 1. The van der Waals surface area contributed by atoms with E-state index in [1.807, 2.05) is 0 Å². The van der Waals surface area contributed by atoms with Crippen molar-refractivity contribution < 1.29 is 8.78 Å². The van der Waals surface area contributed by atoms with Gasteiger partial charge in [-0.2, -0.15) is 0 Å². The highest BCUT2D eigenvalue weighted by Gasteiger charge is 2.25. The number of nitrogens with one attached hydrogen (secondary N) is 1. The Morgan fingerprint density at radius 1 is 1.30 bits per heavy atom. The third-order valence-electron chi connectivity index (χ3n) is 3.94. The molecule has 2 unspecified atom stereocenters. The van der Waals surface area contributed by atoms with E-state index in [1.165, 1.54) is 12.1 Å². The van der Waals surface area contributed by atoms with Gasteiger partial charge < -0.3 is 0 Å². The lowest BCUT2D eigenvalue weighted by Gasteiger charge is -2.30. The van der Waals surface area contributed by atoms with Gasteiger partial charge in [0.05, 0.1) is 4.47 Å². The van der Waals surface area contributed by atoms with Crippen LogP contribution in [0.15, 0.2) is 16.6 Å². The van der Waals surface area contributed by atoms with E-state index >= 15 is 0 Å². The van der Waals surface area contributed by atoms with Gasteiger partial charge in [0.15, 0.2) is 0 Å². The van der Waals surface area contributed by atoms with Crippen LogP contribution in [0.3, 0.4) is 0 Å². The second-order valence-electron chi connectivity index (χ2n) is 6.39. The predicted molar refractivity (Wildman–Crippen MR) is 82.1 cm³/mol. The van der Waals surface area contributed by atoms with Crippen LogP contribution < -0.4 is 11.3 Å². The number of nitrogens with two attached hydrogens (primary N) is 1. The van der Waals surface area contributed by atoms with Crippen LogP contribution in [0.2, 0.25) is 0 Å². The highest BCUT2D eigenvalue weighted by molar-refractivity contribution is 9.10. The molecule has 0 heterocycles. The molecule has 0 radical (unpaired) electrons. The summed E-state index contributed by atoms with van der Waals surface area (Å²) in [5.74, 6) is 4.84. The van der Waals surface area contributed by atoms with E-state index in [4.69, 9.17) is 5.84 Å². The highest BCUT2D eigenvalue weighted by Crippen LogP contribution is 2.30. The first-order chi connectivity index (χ1) is 9.16. The van der Waals surface area contributed by atoms with E-state index in [9.17, 15) is 8.78 Å². The Morgan fingerprint density at radius 3 is 2.40 bits per heavy atom. The van der Waals surface area contributed by atoms with Crippen molar-refractivity contribution in [3.63, 3.8) is 0 Å². The second kappa shape index (κ2) is 6.96. The molecular weight excluding hydrogens is 326 g/mol. The molecule has 0 aliphatic rings. The van der Waals surface area contributed by atoms with Crippen molar-refractivity contribution in [1.29, 1.82) is 0 Å². The lowest BCUT2D eigenvalue weighted by atomic mass is 9.78. The summed E-state index contributed by atoms with van der Waals surface area (Å²) in [7, 11) is 0. The minimum absolute atomic E-state index is 0.0726. The number of halogens is 3. The summed E-state index contributed by atoms with van der Waals surface area (Å²) in [6.45, 7) is 8.56. The fourth-order valence-electron chi connectivity index (χ4n) is 1.99. The Kier molecular flexibility index (Phi) is 6.10. The molecular formula is C15H23BrF2N2. The standard InChI is InChI=1S/C15H23BrF2N2/c1-9(15(2,3)4)7-10(20-19)8-11-13(17)6-5-12(16)14(11)18/h5-6,9-10,20H,7-8,19H2,1-4H3. The molecule has 2 atom stereocenters. The molecule has 0 spiro atoms. The van der Waals surface area contributed by atoms with Gasteiger partial charge in [0.1, 0.15) is 11.6 Å². The van der Waals surface area contributed by atoms with Gasteiger partial charge in [-0.3, -0.25) is 11.3 Å². The number of hydrogen-bond donors (Lipinski definition) is 2. The normalized spacial score (nSPS) is 15.2. The van der Waals surface area contributed by atoms with E-state index in [0.717, 1.165) is 6.42 Å². The van der Waals surface area contributed by atoms with Gasteiger partial charge in [-0.15, -0.1) is 0 Å². The molecule has 0 saturated heterocycles. The van der Waals surface area contributed by atoms with E-state index < -0.39 is 11.6 Å². The molecule has 0 amide bonds. The van der Waals surface area contributed by atoms with Crippen LogP contribution >= 0.6 is 15.9 Å². The molecule has 0 fully saturated rings. The van der Waals surface area contributed by atoms with Crippen LogP contribution in [-0.2, 0) is 6.42 Å². The molecule has 0 aliphatic heterocycles. The Morgan fingerprint density at radius 2 is 1.90 bits per heavy atom. The van der Waals surface area contributed by atoms with Crippen molar-refractivity contribution in [2.45, 2.75) is 46.6 Å². The second-order valence-corrected chi connectivity index (χ2v) is 7.25. The number of hydrogen-bond acceptors (Lipinski definition) is 2. The molecule has 1 aromatic rings. The first-order valence-electron chi connectivity index (χ1n) is 6.75. The van der Waals surface area contributed by atoms with Gasteiger partial charge in [0.2, 0.25) is 0 Å². The van der Waals surface area contributed by atoms with Gasteiger partial charge in [0, 0.05) is 11.6 Å². The van der Waals surface area contributed by atoms with Crippen LogP contribution in [-0.4, -0.2) is 6.04 Å². The van der Waals surface area contributed by atoms with Gasteiger partial charge >= 0.3 is 0 Å². The molecule has 1 aromatic carbocycles. The molecule has 1 rings (SSSR count). The van der Waals surface area contributed by atoms with Crippen molar-refractivity contribution in [3.8, 4) is 0 Å². The minimum atomic E-state index is -0.548. The Labute approximate surface area is 128 Å². The van der Waals surface area contributed by atoms with E-state index in [1.54, 1.807) is 0 Å². The lowest BCUT2D eigenvalue weighted by molar-refractivity contribution is 0.221. The Balaban J connectivity index is 2.87. The average molecular weight is 349 g/mol. The molecule has 0 aliphatic carbocycles. The largest absolute Gasteiger partial charge is 0.271 e. The van der Waals surface area contributed by atoms with E-state index in [-0.39, 0.29) is 27.9 Å². The summed E-state index contributed by atoms with van der Waals surface area (Å²) >= 11 is 3.08. The molecule has 0 saturated carbocycles. The van der Waals surface area contributed by atoms with E-state index in [2.05, 4.69) is 49.1 Å². The maximum Gasteiger partial charge on any atom is 0.143 e. The summed E-state index contributed by atoms with van der Waals surface area (Å²) in [5, 5.41) is 0. The quantitative estimate of drug-likeness (QED) is 0.476. The predicted octanol–water partition coefficient (Wildman–Crippen LogP) is 4.17. The average Bonchev–Trinajstić information content (AvgIpc) is 2.36. The number of rotatable bonds is 5. The maximum absolute atomic E-state index is 14.0. The zero-order valence-corrected chi connectivity index (χ0v) is 14.0. The molecule has 2 nitrogen and oxygen atoms in total. The maximum atomic E-state index is 14.0. The van der Waals surface area contributed by atoms with Gasteiger partial charge in [0.25, 0.3) is 0 Å². The summed E-state index contributed by atoms with van der Waals surface area (Å²) in [4.78, 5) is 0. The van der Waals surface area contributed by atoms with Gasteiger partial charge in [-0.1, -0.05) is 27.7 Å². The zero-order chi connectivity index (χ0) is 15.5. The fourth-order valence-corrected chi connectivity index (χ4v) is 2.36. The first kappa shape index (κ1) is 17.5. The van der Waals surface area contributed by atoms with Crippen LogP contribution in [0, 0.1) is 23.0 Å². The van der Waals surface area contributed by atoms with Crippen molar-refractivity contribution in [3.05, 3.63) is 33.8 Å². The van der Waals surface area contributed by atoms with Crippen LogP contribution in [0.4, 0.5) is 8.78 Å². The van der Waals surface area contributed by atoms with Crippen molar-refractivity contribution in [2.75, 3.05) is 0 Å². The number of hydrazine groups is 1. The fraction of sp³-hybridized carbons (Fsp3) is 0.600. The molecule has 20 heavy (non-hydrogen) atoms. The Hall–Kier alpha value is -0.520. The van der Waals surface area contributed by atoms with Crippen LogP contribution in [0.25, 0.3) is 0 Å². The molecule has 0 aromatic heterocycles. The van der Waals surface area contributed by atoms with E-state index in [0.29, 0.717) is 5.92 Å². The molecule has 3 N–H and O–H groups in total. The summed E-state index contributed by atoms with van der Waals surface area (Å²) in [5.41, 5.74) is 2.88. The first-order valence-corrected chi connectivity index (χ1v) is 7.54. The Bertz CT molecular complexity index is 458. The van der Waals surface area contributed by atoms with Crippen LogP contribution in [0.1, 0.15) is 39.7 Å². The zero-order valence-electron chi connectivity index (χ0n) is 12.4.